The van der Waals surface area contributed by atoms with Crippen LogP contribution in [0.2, 0.25) is 0 Å². The number of hydrogen-bond donors (Lipinski definition) is 1. The summed E-state index contributed by atoms with van der Waals surface area (Å²) in [6.07, 6.45) is 3.34. The first kappa shape index (κ1) is 20.2. The predicted octanol–water partition coefficient (Wildman–Crippen LogP) is 2.64. The molecule has 0 radical (unpaired) electrons. The van der Waals surface area contributed by atoms with Crippen molar-refractivity contribution in [2.45, 2.75) is 25.4 Å². The predicted molar refractivity (Wildman–Crippen MR) is 104 cm³/mol. The van der Waals surface area contributed by atoms with Crippen molar-refractivity contribution in [2.24, 2.45) is 0 Å². The molecule has 1 aliphatic heterocycles. The molecule has 1 amide bonds. The number of nitrogens with zero attached hydrogens (tertiary/aromatic N) is 2. The summed E-state index contributed by atoms with van der Waals surface area (Å²) in [4.78, 5) is 19.1. The van der Waals surface area contributed by atoms with Gasteiger partial charge in [-0.05, 0) is 42.7 Å². The van der Waals surface area contributed by atoms with Crippen LogP contribution in [0.1, 0.15) is 28.8 Å². The summed E-state index contributed by atoms with van der Waals surface area (Å²) in [6, 6.07) is 10.2. The molecule has 150 valence electrons. The van der Waals surface area contributed by atoms with Gasteiger partial charge in [-0.25, -0.2) is 9.37 Å². The Morgan fingerprint density at radius 3 is 2.68 bits per heavy atom. The van der Waals surface area contributed by atoms with Crippen LogP contribution in [0.4, 0.5) is 4.39 Å². The first-order valence-corrected chi connectivity index (χ1v) is 9.50. The molecule has 1 saturated heterocycles. The molecular weight excluding hydrogens is 361 g/mol. The van der Waals surface area contributed by atoms with Crippen LogP contribution in [0.15, 0.2) is 42.6 Å². The van der Waals surface area contributed by atoms with E-state index in [9.17, 15) is 9.18 Å². The molecule has 0 aliphatic carbocycles. The number of benzene rings is 1. The molecule has 7 heteroatoms. The monoisotopic (exact) mass is 387 g/mol. The van der Waals surface area contributed by atoms with Gasteiger partial charge in [0.05, 0.1) is 6.61 Å². The summed E-state index contributed by atoms with van der Waals surface area (Å²) in [5.41, 5.74) is 1.53. The second-order valence-corrected chi connectivity index (χ2v) is 6.85. The zero-order valence-corrected chi connectivity index (χ0v) is 16.1. The fraction of sp³-hybridized carbons (Fsp3) is 0.429. The Morgan fingerprint density at radius 2 is 1.96 bits per heavy atom. The Hall–Kier alpha value is -2.51. The van der Waals surface area contributed by atoms with E-state index in [-0.39, 0.29) is 17.8 Å². The maximum Gasteiger partial charge on any atom is 0.256 e. The molecule has 1 aliphatic rings. The number of rotatable bonds is 8. The number of carbonyl (C=O) groups is 1. The highest BCUT2D eigenvalue weighted by Gasteiger charge is 2.23. The van der Waals surface area contributed by atoms with E-state index < -0.39 is 0 Å². The normalized spacial score (nSPS) is 15.4. The first-order chi connectivity index (χ1) is 13.7. The Bertz CT molecular complexity index is 762. The highest BCUT2D eigenvalue weighted by molar-refractivity contribution is 5.96. The van der Waals surface area contributed by atoms with Crippen molar-refractivity contribution >= 4 is 5.91 Å². The number of nitrogens with one attached hydrogen (secondary N) is 1. The number of piperidine rings is 1. The quantitative estimate of drug-likeness (QED) is 0.706. The number of halogens is 1. The standard InChI is InChI=1S/C21H26FN3O3/c1-27-13-14-28-21-19(3-2-10-23-21)20(26)24-18-8-11-25(12-9-18)15-16-4-6-17(22)7-5-16/h2-7,10,18H,8-9,11-15H2,1H3,(H,24,26). The van der Waals surface area contributed by atoms with Crippen LogP contribution in [-0.2, 0) is 11.3 Å². The molecule has 0 bridgehead atoms. The molecular formula is C21H26FN3O3. The number of aromatic nitrogens is 1. The van der Waals surface area contributed by atoms with Crippen LogP contribution in [0.5, 0.6) is 5.88 Å². The van der Waals surface area contributed by atoms with E-state index in [2.05, 4.69) is 15.2 Å². The van der Waals surface area contributed by atoms with Gasteiger partial charge in [-0.15, -0.1) is 0 Å². The number of ether oxygens (including phenoxy) is 2. The van der Waals surface area contributed by atoms with E-state index in [1.807, 2.05) is 12.1 Å². The molecule has 2 heterocycles. The number of amides is 1. The molecule has 2 aromatic rings. The number of likely N-dealkylation sites (tertiary alicyclic amines) is 1. The average Bonchev–Trinajstić information content (AvgIpc) is 2.72. The summed E-state index contributed by atoms with van der Waals surface area (Å²) in [5.74, 6) is -0.0607. The van der Waals surface area contributed by atoms with Crippen LogP contribution in [0.3, 0.4) is 0 Å². The van der Waals surface area contributed by atoms with Gasteiger partial charge in [0.25, 0.3) is 5.91 Å². The fourth-order valence-corrected chi connectivity index (χ4v) is 3.25. The minimum absolute atomic E-state index is 0.115. The minimum Gasteiger partial charge on any atom is -0.475 e. The molecule has 0 unspecified atom stereocenters. The largest absolute Gasteiger partial charge is 0.475 e. The lowest BCUT2D eigenvalue weighted by atomic mass is 10.0. The van der Waals surface area contributed by atoms with Crippen molar-refractivity contribution in [2.75, 3.05) is 33.4 Å². The van der Waals surface area contributed by atoms with Crippen molar-refractivity contribution in [1.29, 1.82) is 0 Å². The van der Waals surface area contributed by atoms with Gasteiger partial charge in [-0.1, -0.05) is 12.1 Å². The molecule has 1 aromatic carbocycles. The smallest absolute Gasteiger partial charge is 0.256 e. The van der Waals surface area contributed by atoms with Crippen molar-refractivity contribution < 1.29 is 18.7 Å². The number of carbonyl (C=O) groups excluding carboxylic acids is 1. The SMILES string of the molecule is COCCOc1ncccc1C(=O)NC1CCN(Cc2ccc(F)cc2)CC1. The van der Waals surface area contributed by atoms with Gasteiger partial charge in [0, 0.05) is 39.0 Å². The molecule has 1 aromatic heterocycles. The Kier molecular flexibility index (Phi) is 7.33. The minimum atomic E-state index is -0.217. The van der Waals surface area contributed by atoms with E-state index >= 15 is 0 Å². The molecule has 0 atom stereocenters. The molecule has 3 rings (SSSR count). The van der Waals surface area contributed by atoms with E-state index in [1.54, 1.807) is 25.4 Å². The third-order valence-electron chi connectivity index (χ3n) is 4.78. The fourth-order valence-electron chi connectivity index (χ4n) is 3.25. The van der Waals surface area contributed by atoms with Gasteiger partial charge in [-0.3, -0.25) is 9.69 Å². The Morgan fingerprint density at radius 1 is 1.21 bits per heavy atom. The third kappa shape index (κ3) is 5.74. The molecule has 1 N–H and O–H groups in total. The van der Waals surface area contributed by atoms with E-state index in [4.69, 9.17) is 9.47 Å². The van der Waals surface area contributed by atoms with E-state index in [1.165, 1.54) is 12.1 Å². The first-order valence-electron chi connectivity index (χ1n) is 9.50. The topological polar surface area (TPSA) is 63.7 Å². The van der Waals surface area contributed by atoms with Crippen LogP contribution >= 0.6 is 0 Å². The van der Waals surface area contributed by atoms with Crippen molar-refractivity contribution in [3.05, 3.63) is 59.5 Å². The summed E-state index contributed by atoms with van der Waals surface area (Å²) >= 11 is 0. The van der Waals surface area contributed by atoms with Crippen LogP contribution in [0, 0.1) is 5.82 Å². The lowest BCUT2D eigenvalue weighted by Crippen LogP contribution is -2.44. The zero-order chi connectivity index (χ0) is 19.8. The third-order valence-corrected chi connectivity index (χ3v) is 4.78. The Balaban J connectivity index is 1.49. The summed E-state index contributed by atoms with van der Waals surface area (Å²) in [6.45, 7) is 3.33. The summed E-state index contributed by atoms with van der Waals surface area (Å²) in [5, 5.41) is 3.09. The maximum atomic E-state index is 13.0. The van der Waals surface area contributed by atoms with Crippen molar-refractivity contribution in [1.82, 2.24) is 15.2 Å². The van der Waals surface area contributed by atoms with Gasteiger partial charge >= 0.3 is 0 Å². The molecule has 0 saturated carbocycles. The van der Waals surface area contributed by atoms with Gasteiger partial charge in [0.1, 0.15) is 18.0 Å². The summed E-state index contributed by atoms with van der Waals surface area (Å²) < 4.78 is 23.5. The second kappa shape index (κ2) is 10.1. The lowest BCUT2D eigenvalue weighted by molar-refractivity contribution is 0.0900. The molecule has 0 spiro atoms. The lowest BCUT2D eigenvalue weighted by Gasteiger charge is -2.32. The van der Waals surface area contributed by atoms with Gasteiger partial charge in [0.2, 0.25) is 5.88 Å². The molecule has 28 heavy (non-hydrogen) atoms. The van der Waals surface area contributed by atoms with Crippen LogP contribution in [-0.4, -0.2) is 55.2 Å². The number of hydrogen-bond acceptors (Lipinski definition) is 5. The van der Waals surface area contributed by atoms with Crippen molar-refractivity contribution in [3.8, 4) is 5.88 Å². The number of pyridine rings is 1. The zero-order valence-electron chi connectivity index (χ0n) is 16.1. The van der Waals surface area contributed by atoms with Crippen LogP contribution < -0.4 is 10.1 Å². The van der Waals surface area contributed by atoms with E-state index in [0.29, 0.717) is 24.7 Å². The molecule has 1 fully saturated rings. The van der Waals surface area contributed by atoms with Crippen molar-refractivity contribution in [3.63, 3.8) is 0 Å². The maximum absolute atomic E-state index is 13.0. The molecule has 6 nitrogen and oxygen atoms in total. The van der Waals surface area contributed by atoms with Gasteiger partial charge in [-0.2, -0.15) is 0 Å². The highest BCUT2D eigenvalue weighted by Crippen LogP contribution is 2.18. The number of methoxy groups -OCH3 is 1. The van der Waals surface area contributed by atoms with Crippen LogP contribution in [0.25, 0.3) is 0 Å². The second-order valence-electron chi connectivity index (χ2n) is 6.85. The highest BCUT2D eigenvalue weighted by atomic mass is 19.1. The summed E-state index contributed by atoms with van der Waals surface area (Å²) in [7, 11) is 1.60. The van der Waals surface area contributed by atoms with Gasteiger partial charge in [0.15, 0.2) is 0 Å². The van der Waals surface area contributed by atoms with Gasteiger partial charge < -0.3 is 14.8 Å². The average molecular weight is 387 g/mol. The van der Waals surface area contributed by atoms with E-state index in [0.717, 1.165) is 38.0 Å². The Labute approximate surface area is 164 Å².